The first kappa shape index (κ1) is 20.9. The molecule has 1 amide bonds. The zero-order valence-electron chi connectivity index (χ0n) is 16.1. The van der Waals surface area contributed by atoms with E-state index in [2.05, 4.69) is 28.7 Å². The lowest BCUT2D eigenvalue weighted by atomic mass is 9.96. The summed E-state index contributed by atoms with van der Waals surface area (Å²) in [4.78, 5) is 14.6. The fourth-order valence-electron chi connectivity index (χ4n) is 3.37. The van der Waals surface area contributed by atoms with Gasteiger partial charge in [0.15, 0.2) is 0 Å². The molecule has 0 unspecified atom stereocenters. The third-order valence-corrected chi connectivity index (χ3v) is 6.81. The van der Waals surface area contributed by atoms with E-state index in [1.54, 1.807) is 41.3 Å². The van der Waals surface area contributed by atoms with Crippen molar-refractivity contribution in [3.05, 3.63) is 55.9 Å². The summed E-state index contributed by atoms with van der Waals surface area (Å²) in [5.41, 5.74) is 0.669. The molecule has 1 aromatic carbocycles. The summed E-state index contributed by atoms with van der Waals surface area (Å²) in [6.07, 6.45) is 5.78. The van der Waals surface area contributed by atoms with E-state index < -0.39 is 10.0 Å². The third-order valence-electron chi connectivity index (χ3n) is 4.90. The van der Waals surface area contributed by atoms with E-state index in [0.717, 1.165) is 0 Å². The van der Waals surface area contributed by atoms with Crippen LogP contribution in [-0.4, -0.2) is 69.9 Å². The molecule has 0 saturated carbocycles. The quantitative estimate of drug-likeness (QED) is 0.601. The fourth-order valence-corrected chi connectivity index (χ4v) is 4.84. The Bertz CT molecular complexity index is 938. The Morgan fingerprint density at radius 1 is 1.14 bits per heavy atom. The normalized spacial score (nSPS) is 15.7. The second kappa shape index (κ2) is 9.10. The minimum absolute atomic E-state index is 0.0210. The van der Waals surface area contributed by atoms with Crippen LogP contribution in [0.4, 0.5) is 0 Å². The number of piperidine rings is 1. The minimum atomic E-state index is -3.62. The van der Waals surface area contributed by atoms with Gasteiger partial charge in [0, 0.05) is 32.1 Å². The van der Waals surface area contributed by atoms with Gasteiger partial charge in [0.05, 0.1) is 10.6 Å². The fraction of sp³-hybridized carbons (Fsp3) is 0.368. The first-order valence-corrected chi connectivity index (χ1v) is 10.8. The molecule has 0 aliphatic carbocycles. The Hall–Kier alpha value is -2.85. The molecule has 1 fully saturated rings. The number of sulfonamides is 1. The first-order valence-electron chi connectivity index (χ1n) is 9.31. The van der Waals surface area contributed by atoms with Crippen LogP contribution in [0.3, 0.4) is 0 Å². The summed E-state index contributed by atoms with van der Waals surface area (Å²) in [5, 5.41) is 10.9. The molecule has 3 rings (SSSR count). The number of rotatable bonds is 8. The van der Waals surface area contributed by atoms with Crippen molar-refractivity contribution >= 4 is 15.9 Å². The van der Waals surface area contributed by atoms with Crippen molar-refractivity contribution in [1.29, 1.82) is 0 Å². The Kier molecular flexibility index (Phi) is 6.55. The van der Waals surface area contributed by atoms with Gasteiger partial charge in [-0.15, -0.1) is 18.3 Å². The molecule has 0 radical (unpaired) electrons. The number of amides is 1. The lowest BCUT2D eigenvalue weighted by Crippen LogP contribution is -2.44. The molecule has 1 aromatic heterocycles. The van der Waals surface area contributed by atoms with E-state index in [1.807, 2.05) is 0 Å². The second-order valence-electron chi connectivity index (χ2n) is 6.75. The van der Waals surface area contributed by atoms with Crippen molar-refractivity contribution < 1.29 is 13.2 Å². The molecule has 29 heavy (non-hydrogen) atoms. The number of benzene rings is 1. The van der Waals surface area contributed by atoms with Crippen LogP contribution in [0.2, 0.25) is 0 Å². The van der Waals surface area contributed by atoms with Crippen LogP contribution in [0.15, 0.2) is 60.8 Å². The monoisotopic (exact) mass is 416 g/mol. The number of aromatic nitrogens is 4. The third kappa shape index (κ3) is 4.60. The van der Waals surface area contributed by atoms with Gasteiger partial charge in [-0.3, -0.25) is 4.79 Å². The van der Waals surface area contributed by atoms with E-state index in [9.17, 15) is 13.2 Å². The molecule has 9 nitrogen and oxygen atoms in total. The maximum atomic E-state index is 13.0. The van der Waals surface area contributed by atoms with E-state index in [-0.39, 0.29) is 16.7 Å². The molecule has 1 aliphatic rings. The Balaban J connectivity index is 1.65. The van der Waals surface area contributed by atoms with Gasteiger partial charge in [-0.1, -0.05) is 12.2 Å². The zero-order valence-corrected chi connectivity index (χ0v) is 16.9. The lowest BCUT2D eigenvalue weighted by molar-refractivity contribution is -0.135. The average molecular weight is 417 g/mol. The van der Waals surface area contributed by atoms with Gasteiger partial charge in [0.1, 0.15) is 6.33 Å². The SMILES string of the molecule is C=CCN(CC=C)C(=O)C1CCN(S(=O)(=O)c2ccc(-n3cnnn3)cc2)CC1. The molecular weight excluding hydrogens is 392 g/mol. The van der Waals surface area contributed by atoms with Gasteiger partial charge >= 0.3 is 0 Å². The molecule has 0 spiro atoms. The van der Waals surface area contributed by atoms with Gasteiger partial charge < -0.3 is 4.90 Å². The van der Waals surface area contributed by atoms with Gasteiger partial charge in [-0.05, 0) is 47.5 Å². The highest BCUT2D eigenvalue weighted by molar-refractivity contribution is 7.89. The average Bonchev–Trinajstić information content (AvgIpc) is 3.28. The van der Waals surface area contributed by atoms with Crippen molar-refractivity contribution in [3.8, 4) is 5.69 Å². The second-order valence-corrected chi connectivity index (χ2v) is 8.69. The maximum absolute atomic E-state index is 13.0. The summed E-state index contributed by atoms with van der Waals surface area (Å²) in [7, 11) is -3.62. The molecule has 10 heteroatoms. The number of hydrogen-bond acceptors (Lipinski definition) is 6. The van der Waals surface area contributed by atoms with Crippen LogP contribution in [-0.2, 0) is 14.8 Å². The Labute approximate surface area is 170 Å². The number of tetrazole rings is 1. The van der Waals surface area contributed by atoms with Crippen LogP contribution in [0.5, 0.6) is 0 Å². The van der Waals surface area contributed by atoms with Gasteiger partial charge in [-0.25, -0.2) is 13.1 Å². The predicted molar refractivity (Wildman–Crippen MR) is 108 cm³/mol. The molecular formula is C19H24N6O3S. The van der Waals surface area contributed by atoms with E-state index in [1.165, 1.54) is 15.3 Å². The first-order chi connectivity index (χ1) is 14.0. The summed E-state index contributed by atoms with van der Waals surface area (Å²) < 4.78 is 28.8. The number of hydrogen-bond donors (Lipinski definition) is 0. The van der Waals surface area contributed by atoms with Crippen LogP contribution in [0, 0.1) is 5.92 Å². The molecule has 0 bridgehead atoms. The van der Waals surface area contributed by atoms with E-state index in [0.29, 0.717) is 44.7 Å². The van der Waals surface area contributed by atoms with Crippen LogP contribution in [0.1, 0.15) is 12.8 Å². The van der Waals surface area contributed by atoms with Crippen LogP contribution < -0.4 is 0 Å². The van der Waals surface area contributed by atoms with Gasteiger partial charge in [-0.2, -0.15) is 4.31 Å². The van der Waals surface area contributed by atoms with Crippen molar-refractivity contribution in [2.24, 2.45) is 5.92 Å². The summed E-state index contributed by atoms with van der Waals surface area (Å²) in [6, 6.07) is 6.39. The number of carbonyl (C=O) groups excluding carboxylic acids is 1. The van der Waals surface area contributed by atoms with Crippen molar-refractivity contribution in [2.75, 3.05) is 26.2 Å². The zero-order chi connectivity index (χ0) is 20.9. The highest BCUT2D eigenvalue weighted by Gasteiger charge is 2.33. The Morgan fingerprint density at radius 2 is 1.76 bits per heavy atom. The molecule has 0 atom stereocenters. The van der Waals surface area contributed by atoms with E-state index >= 15 is 0 Å². The lowest BCUT2D eigenvalue weighted by Gasteiger charge is -2.33. The van der Waals surface area contributed by atoms with Crippen LogP contribution in [0.25, 0.3) is 5.69 Å². The van der Waals surface area contributed by atoms with E-state index in [4.69, 9.17) is 0 Å². The standard InChI is InChI=1S/C19H24N6O3S/c1-3-11-23(12-4-2)19(26)16-9-13-24(14-10-16)29(27,28)18-7-5-17(6-8-18)25-15-20-21-22-25/h3-8,15-16H,1-2,9-14H2. The summed E-state index contributed by atoms with van der Waals surface area (Å²) in [5.74, 6) is -0.170. The van der Waals surface area contributed by atoms with Crippen LogP contribution >= 0.6 is 0 Å². The molecule has 1 saturated heterocycles. The highest BCUT2D eigenvalue weighted by Crippen LogP contribution is 2.25. The largest absolute Gasteiger partial charge is 0.335 e. The maximum Gasteiger partial charge on any atom is 0.243 e. The minimum Gasteiger partial charge on any atom is -0.335 e. The number of carbonyl (C=O) groups is 1. The topological polar surface area (TPSA) is 101 Å². The van der Waals surface area contributed by atoms with Crippen molar-refractivity contribution in [2.45, 2.75) is 17.7 Å². The van der Waals surface area contributed by atoms with Crippen molar-refractivity contribution in [1.82, 2.24) is 29.4 Å². The highest BCUT2D eigenvalue weighted by atomic mass is 32.2. The summed E-state index contributed by atoms with van der Waals surface area (Å²) in [6.45, 7) is 8.89. The molecule has 0 N–H and O–H groups in total. The molecule has 1 aliphatic heterocycles. The predicted octanol–water partition coefficient (Wildman–Crippen LogP) is 1.26. The molecule has 2 heterocycles. The van der Waals surface area contributed by atoms with Crippen molar-refractivity contribution in [3.63, 3.8) is 0 Å². The molecule has 2 aromatic rings. The van der Waals surface area contributed by atoms with Gasteiger partial charge in [0.2, 0.25) is 15.9 Å². The Morgan fingerprint density at radius 3 is 2.28 bits per heavy atom. The summed E-state index contributed by atoms with van der Waals surface area (Å²) >= 11 is 0. The smallest absolute Gasteiger partial charge is 0.243 e. The van der Waals surface area contributed by atoms with Gasteiger partial charge in [0.25, 0.3) is 0 Å². The number of nitrogens with zero attached hydrogens (tertiary/aromatic N) is 6. The molecule has 154 valence electrons.